The van der Waals surface area contributed by atoms with Gasteiger partial charge in [-0.05, 0) is 39.8 Å². The van der Waals surface area contributed by atoms with Gasteiger partial charge < -0.3 is 9.64 Å². The number of anilines is 1. The van der Waals surface area contributed by atoms with E-state index in [1.165, 1.54) is 0 Å². The third-order valence-electron chi connectivity index (χ3n) is 3.61. The van der Waals surface area contributed by atoms with Crippen molar-refractivity contribution in [3.05, 3.63) is 40.7 Å². The van der Waals surface area contributed by atoms with Gasteiger partial charge in [-0.15, -0.1) is 0 Å². The van der Waals surface area contributed by atoms with Crippen LogP contribution in [0.4, 0.5) is 5.95 Å². The number of aromatic nitrogens is 4. The van der Waals surface area contributed by atoms with E-state index in [0.29, 0.717) is 13.2 Å². The van der Waals surface area contributed by atoms with E-state index < -0.39 is 0 Å². The van der Waals surface area contributed by atoms with Gasteiger partial charge in [0.1, 0.15) is 6.10 Å². The largest absolute Gasteiger partial charge is 0.367 e. The van der Waals surface area contributed by atoms with Crippen LogP contribution in [-0.4, -0.2) is 39.6 Å². The molecule has 1 unspecified atom stereocenters. The average molecular weight is 299 g/mol. The molecule has 2 aromatic rings. The first kappa shape index (κ1) is 14.8. The Hall–Kier alpha value is -2.08. The summed E-state index contributed by atoms with van der Waals surface area (Å²) in [6, 6.07) is 3.95. The lowest BCUT2D eigenvalue weighted by molar-refractivity contribution is 0.0332. The van der Waals surface area contributed by atoms with E-state index in [-0.39, 0.29) is 6.10 Å². The predicted molar refractivity (Wildman–Crippen MR) is 83.9 cm³/mol. The number of morpholine rings is 1. The fourth-order valence-corrected chi connectivity index (χ4v) is 2.73. The lowest BCUT2D eigenvalue weighted by atomic mass is 10.2. The normalized spacial score (nSPS) is 18.5. The second-order valence-electron chi connectivity index (χ2n) is 5.77. The summed E-state index contributed by atoms with van der Waals surface area (Å²) in [6.07, 6.45) is -0.142. The Labute approximate surface area is 130 Å². The van der Waals surface area contributed by atoms with Crippen molar-refractivity contribution >= 4 is 5.95 Å². The molecule has 0 spiro atoms. The number of hydrogen-bond acceptors (Lipinski definition) is 6. The average Bonchev–Trinajstić information content (AvgIpc) is 2.45. The second-order valence-corrected chi connectivity index (χ2v) is 5.77. The molecule has 1 saturated heterocycles. The van der Waals surface area contributed by atoms with Crippen molar-refractivity contribution < 1.29 is 4.74 Å². The smallest absolute Gasteiger partial charge is 0.225 e. The molecule has 0 radical (unpaired) electrons. The molecule has 0 saturated carbocycles. The van der Waals surface area contributed by atoms with E-state index >= 15 is 0 Å². The number of ether oxygens (including phenoxy) is 1. The summed E-state index contributed by atoms with van der Waals surface area (Å²) in [5, 5.41) is 0. The third-order valence-corrected chi connectivity index (χ3v) is 3.61. The van der Waals surface area contributed by atoms with E-state index in [2.05, 4.69) is 24.8 Å². The monoisotopic (exact) mass is 299 g/mol. The van der Waals surface area contributed by atoms with Crippen molar-refractivity contribution in [1.29, 1.82) is 0 Å². The van der Waals surface area contributed by atoms with Crippen LogP contribution in [0.5, 0.6) is 0 Å². The lowest BCUT2D eigenvalue weighted by Gasteiger charge is -2.32. The summed E-state index contributed by atoms with van der Waals surface area (Å²) in [6.45, 7) is 10.0. The number of rotatable bonds is 2. The van der Waals surface area contributed by atoms with Crippen LogP contribution in [-0.2, 0) is 4.74 Å². The summed E-state index contributed by atoms with van der Waals surface area (Å²) in [7, 11) is 0. The van der Waals surface area contributed by atoms with Crippen molar-refractivity contribution in [2.24, 2.45) is 0 Å². The van der Waals surface area contributed by atoms with Gasteiger partial charge in [-0.3, -0.25) is 0 Å². The van der Waals surface area contributed by atoms with Gasteiger partial charge in [0, 0.05) is 29.3 Å². The zero-order chi connectivity index (χ0) is 15.7. The second kappa shape index (κ2) is 5.96. The highest BCUT2D eigenvalue weighted by Crippen LogP contribution is 2.23. The molecule has 6 nitrogen and oxygen atoms in total. The quantitative estimate of drug-likeness (QED) is 0.846. The van der Waals surface area contributed by atoms with Crippen LogP contribution < -0.4 is 4.90 Å². The van der Waals surface area contributed by atoms with Gasteiger partial charge in [-0.25, -0.2) is 19.9 Å². The molecule has 6 heteroatoms. The first-order valence-corrected chi connectivity index (χ1v) is 7.52. The maximum atomic E-state index is 5.86. The predicted octanol–water partition coefficient (Wildman–Crippen LogP) is 2.08. The van der Waals surface area contributed by atoms with Gasteiger partial charge in [0.2, 0.25) is 5.95 Å². The summed E-state index contributed by atoms with van der Waals surface area (Å²) in [5.41, 5.74) is 3.89. The van der Waals surface area contributed by atoms with Crippen LogP contribution in [0.1, 0.15) is 34.7 Å². The minimum Gasteiger partial charge on any atom is -0.367 e. The van der Waals surface area contributed by atoms with Crippen molar-refractivity contribution in [2.45, 2.75) is 33.8 Å². The molecule has 1 aliphatic heterocycles. The molecule has 3 heterocycles. The molecule has 0 aromatic carbocycles. The van der Waals surface area contributed by atoms with Crippen molar-refractivity contribution in [1.82, 2.24) is 19.9 Å². The number of nitrogens with zero attached hydrogens (tertiary/aromatic N) is 5. The molecule has 116 valence electrons. The Bertz CT molecular complexity index is 590. The molecule has 1 aliphatic rings. The topological polar surface area (TPSA) is 64.0 Å². The van der Waals surface area contributed by atoms with E-state index in [9.17, 15) is 0 Å². The third kappa shape index (κ3) is 3.22. The highest BCUT2D eigenvalue weighted by molar-refractivity contribution is 5.33. The molecule has 0 bridgehead atoms. The molecule has 22 heavy (non-hydrogen) atoms. The highest BCUT2D eigenvalue weighted by Gasteiger charge is 2.26. The van der Waals surface area contributed by atoms with Gasteiger partial charge in [0.25, 0.3) is 0 Å². The van der Waals surface area contributed by atoms with Crippen molar-refractivity contribution in [3.8, 4) is 0 Å². The van der Waals surface area contributed by atoms with Crippen LogP contribution in [0.15, 0.2) is 12.1 Å². The molecule has 3 rings (SSSR count). The molecule has 2 aromatic heterocycles. The fraction of sp³-hybridized carbons (Fsp3) is 0.500. The summed E-state index contributed by atoms with van der Waals surface area (Å²) < 4.78 is 5.86. The van der Waals surface area contributed by atoms with Gasteiger partial charge in [0.15, 0.2) is 5.82 Å². The zero-order valence-electron chi connectivity index (χ0n) is 13.5. The summed E-state index contributed by atoms with van der Waals surface area (Å²) in [5.74, 6) is 1.50. The van der Waals surface area contributed by atoms with Crippen molar-refractivity contribution in [3.63, 3.8) is 0 Å². The Morgan fingerprint density at radius 2 is 1.45 bits per heavy atom. The standard InChI is InChI=1S/C16H21N5O/c1-10-7-11(2)18-15(17-10)14-9-21(5-6-22-14)16-19-12(3)8-13(4)20-16/h7-8,14H,5-6,9H2,1-4H3. The minimum atomic E-state index is -0.142. The number of aryl methyl sites for hydroxylation is 4. The first-order chi connectivity index (χ1) is 10.5. The van der Waals surface area contributed by atoms with Crippen LogP contribution in [0.25, 0.3) is 0 Å². The van der Waals surface area contributed by atoms with Crippen LogP contribution in [0.3, 0.4) is 0 Å². The van der Waals surface area contributed by atoms with Crippen LogP contribution in [0, 0.1) is 27.7 Å². The van der Waals surface area contributed by atoms with E-state index in [1.807, 2.05) is 39.8 Å². The first-order valence-electron chi connectivity index (χ1n) is 7.52. The SMILES string of the molecule is Cc1cc(C)nc(C2CN(c3nc(C)cc(C)n3)CCO2)n1. The molecule has 1 fully saturated rings. The maximum Gasteiger partial charge on any atom is 0.225 e. The Balaban J connectivity index is 1.84. The van der Waals surface area contributed by atoms with E-state index in [4.69, 9.17) is 4.74 Å². The van der Waals surface area contributed by atoms with Gasteiger partial charge in [-0.2, -0.15) is 0 Å². The molecule has 0 amide bonds. The molecule has 1 atom stereocenters. The molecular formula is C16H21N5O. The zero-order valence-corrected chi connectivity index (χ0v) is 13.5. The summed E-state index contributed by atoms with van der Waals surface area (Å²) >= 11 is 0. The lowest BCUT2D eigenvalue weighted by Crippen LogP contribution is -2.40. The van der Waals surface area contributed by atoms with Crippen LogP contribution >= 0.6 is 0 Å². The van der Waals surface area contributed by atoms with Crippen molar-refractivity contribution in [2.75, 3.05) is 24.6 Å². The maximum absolute atomic E-state index is 5.86. The highest BCUT2D eigenvalue weighted by atomic mass is 16.5. The molecule has 0 aliphatic carbocycles. The Morgan fingerprint density at radius 3 is 2.05 bits per heavy atom. The van der Waals surface area contributed by atoms with E-state index in [1.54, 1.807) is 0 Å². The Kier molecular flexibility index (Phi) is 4.02. The van der Waals surface area contributed by atoms with Gasteiger partial charge in [-0.1, -0.05) is 0 Å². The molecule has 0 N–H and O–H groups in total. The van der Waals surface area contributed by atoms with E-state index in [0.717, 1.165) is 41.1 Å². The van der Waals surface area contributed by atoms with Gasteiger partial charge >= 0.3 is 0 Å². The molecular weight excluding hydrogens is 278 g/mol. The number of hydrogen-bond donors (Lipinski definition) is 0. The summed E-state index contributed by atoms with van der Waals surface area (Å²) in [4.78, 5) is 20.3. The minimum absolute atomic E-state index is 0.142. The van der Waals surface area contributed by atoms with Crippen LogP contribution in [0.2, 0.25) is 0 Å². The van der Waals surface area contributed by atoms with Gasteiger partial charge in [0.05, 0.1) is 13.2 Å². The fourth-order valence-electron chi connectivity index (χ4n) is 2.73. The Morgan fingerprint density at radius 1 is 0.909 bits per heavy atom.